The molecule has 1 aromatic heterocycles. The normalized spacial score (nSPS) is 16.7. The van der Waals surface area contributed by atoms with E-state index in [9.17, 15) is 22.8 Å². The Labute approximate surface area is 154 Å². The molecule has 1 amide bonds. The lowest BCUT2D eigenvalue weighted by Crippen LogP contribution is -2.62. The van der Waals surface area contributed by atoms with Crippen molar-refractivity contribution in [2.24, 2.45) is 17.1 Å². The monoisotopic (exact) mass is 395 g/mol. The molecule has 2 N–H and O–H groups in total. The van der Waals surface area contributed by atoms with E-state index < -0.39 is 51.4 Å². The molecule has 0 aromatic carbocycles. The van der Waals surface area contributed by atoms with E-state index in [1.165, 1.54) is 27.7 Å². The van der Waals surface area contributed by atoms with Gasteiger partial charge in [0.05, 0.1) is 5.41 Å². The van der Waals surface area contributed by atoms with E-state index in [1.807, 2.05) is 0 Å². The Morgan fingerprint density at radius 2 is 1.69 bits per heavy atom. The van der Waals surface area contributed by atoms with E-state index in [-0.39, 0.29) is 5.82 Å². The first kappa shape index (κ1) is 22.1. The van der Waals surface area contributed by atoms with Crippen molar-refractivity contribution in [1.82, 2.24) is 9.97 Å². The number of amides is 1. The number of carbonyl (C=O) groups is 2. The molecule has 0 aliphatic rings. The molecule has 26 heavy (non-hydrogen) atoms. The number of ketones is 1. The van der Waals surface area contributed by atoms with E-state index in [0.717, 1.165) is 0 Å². The second-order valence-corrected chi connectivity index (χ2v) is 7.03. The van der Waals surface area contributed by atoms with Crippen LogP contribution in [-0.4, -0.2) is 27.3 Å². The zero-order valence-electron chi connectivity index (χ0n) is 15.3. The SMILES string of the molecule is CC(=O)C(C)(C(C)C)C(C)(Oc1nc(C)nc(C(F)(F)F)c1Cl)C(N)=O. The summed E-state index contributed by atoms with van der Waals surface area (Å²) in [7, 11) is 0. The van der Waals surface area contributed by atoms with Crippen LogP contribution >= 0.6 is 11.6 Å². The van der Waals surface area contributed by atoms with Crippen molar-refractivity contribution >= 4 is 23.3 Å². The summed E-state index contributed by atoms with van der Waals surface area (Å²) in [4.78, 5) is 31.5. The molecule has 0 radical (unpaired) electrons. The van der Waals surface area contributed by atoms with Crippen LogP contribution in [0.4, 0.5) is 13.2 Å². The predicted molar refractivity (Wildman–Crippen MR) is 88.6 cm³/mol. The number of nitrogens with zero attached hydrogens (tertiary/aromatic N) is 2. The molecule has 0 saturated carbocycles. The third-order valence-corrected chi connectivity index (χ3v) is 5.19. The molecular formula is C16H21ClF3N3O3. The molecule has 1 heterocycles. The van der Waals surface area contributed by atoms with Gasteiger partial charge in [0, 0.05) is 0 Å². The Morgan fingerprint density at radius 1 is 1.19 bits per heavy atom. The van der Waals surface area contributed by atoms with Crippen LogP contribution < -0.4 is 10.5 Å². The van der Waals surface area contributed by atoms with Crippen molar-refractivity contribution in [2.45, 2.75) is 53.3 Å². The summed E-state index contributed by atoms with van der Waals surface area (Å²) < 4.78 is 44.9. The lowest BCUT2D eigenvalue weighted by Gasteiger charge is -2.44. The van der Waals surface area contributed by atoms with Gasteiger partial charge < -0.3 is 10.5 Å². The molecule has 2 atom stereocenters. The fourth-order valence-electron chi connectivity index (χ4n) is 2.69. The number of hydrogen-bond acceptors (Lipinski definition) is 5. The number of hydrogen-bond donors (Lipinski definition) is 1. The highest BCUT2D eigenvalue weighted by Gasteiger charge is 2.57. The van der Waals surface area contributed by atoms with Crippen LogP contribution in [0.1, 0.15) is 46.1 Å². The third kappa shape index (κ3) is 3.62. The van der Waals surface area contributed by atoms with Gasteiger partial charge in [0.1, 0.15) is 16.6 Å². The number of nitrogens with two attached hydrogens (primary N) is 1. The highest BCUT2D eigenvalue weighted by atomic mass is 35.5. The quantitative estimate of drug-likeness (QED) is 0.797. The first-order chi connectivity index (χ1) is 11.6. The van der Waals surface area contributed by atoms with E-state index in [0.29, 0.717) is 0 Å². The zero-order valence-corrected chi connectivity index (χ0v) is 16.0. The smallest absolute Gasteiger partial charge is 0.435 e. The molecule has 1 aromatic rings. The van der Waals surface area contributed by atoms with Crippen LogP contribution in [0, 0.1) is 18.3 Å². The fourth-order valence-corrected chi connectivity index (χ4v) is 2.92. The number of aryl methyl sites for hydroxylation is 1. The van der Waals surface area contributed by atoms with Crippen molar-refractivity contribution in [2.75, 3.05) is 0 Å². The van der Waals surface area contributed by atoms with E-state index >= 15 is 0 Å². The second-order valence-electron chi connectivity index (χ2n) is 6.65. The van der Waals surface area contributed by atoms with Crippen molar-refractivity contribution in [1.29, 1.82) is 0 Å². The molecule has 146 valence electrons. The molecule has 0 spiro atoms. The minimum Gasteiger partial charge on any atom is -0.459 e. The first-order valence-corrected chi connectivity index (χ1v) is 8.08. The number of ether oxygens (including phenoxy) is 1. The zero-order chi connectivity index (χ0) is 20.7. The number of aromatic nitrogens is 2. The van der Waals surface area contributed by atoms with E-state index in [2.05, 4.69) is 9.97 Å². The van der Waals surface area contributed by atoms with E-state index in [1.54, 1.807) is 13.8 Å². The first-order valence-electron chi connectivity index (χ1n) is 7.70. The van der Waals surface area contributed by atoms with E-state index in [4.69, 9.17) is 22.1 Å². The van der Waals surface area contributed by atoms with Crippen molar-refractivity contribution in [3.8, 4) is 5.88 Å². The van der Waals surface area contributed by atoms with Crippen LogP contribution in [0.5, 0.6) is 5.88 Å². The average molecular weight is 396 g/mol. The van der Waals surface area contributed by atoms with Crippen LogP contribution in [0.15, 0.2) is 0 Å². The van der Waals surface area contributed by atoms with Gasteiger partial charge in [-0.1, -0.05) is 25.4 Å². The number of alkyl halides is 3. The van der Waals surface area contributed by atoms with Crippen LogP contribution in [0.25, 0.3) is 0 Å². The number of primary amides is 1. The third-order valence-electron chi connectivity index (χ3n) is 4.85. The van der Waals surface area contributed by atoms with Crippen molar-refractivity contribution in [3.05, 3.63) is 16.5 Å². The lowest BCUT2D eigenvalue weighted by molar-refractivity contribution is -0.159. The number of Topliss-reactive ketones (excluding diaryl/α,β-unsaturated/α-hetero) is 1. The minimum atomic E-state index is -4.85. The van der Waals surface area contributed by atoms with Crippen LogP contribution in [-0.2, 0) is 15.8 Å². The number of carbonyl (C=O) groups excluding carboxylic acids is 2. The van der Waals surface area contributed by atoms with Gasteiger partial charge in [0.15, 0.2) is 11.3 Å². The topological polar surface area (TPSA) is 95.2 Å². The van der Waals surface area contributed by atoms with Gasteiger partial charge in [-0.15, -0.1) is 0 Å². The standard InChI is InChI=1S/C16H21ClF3N3O3/c1-7(2)14(5,8(3)24)15(6,13(21)25)26-12-10(17)11(16(18,19)20)22-9(4)23-12/h7H,1-6H3,(H2,21,25). The Balaban J connectivity index is 3.66. The van der Waals surface area contributed by atoms with Gasteiger partial charge in [0.25, 0.3) is 5.91 Å². The lowest BCUT2D eigenvalue weighted by atomic mass is 9.64. The molecule has 6 nitrogen and oxygen atoms in total. The van der Waals surface area contributed by atoms with Gasteiger partial charge in [-0.3, -0.25) is 9.59 Å². The van der Waals surface area contributed by atoms with Gasteiger partial charge in [-0.05, 0) is 33.6 Å². The molecule has 0 aliphatic heterocycles. The van der Waals surface area contributed by atoms with Gasteiger partial charge in [-0.25, -0.2) is 4.98 Å². The summed E-state index contributed by atoms with van der Waals surface area (Å²) in [5, 5.41) is -0.912. The average Bonchev–Trinajstić information content (AvgIpc) is 2.47. The molecule has 2 unspecified atom stereocenters. The minimum absolute atomic E-state index is 0.266. The summed E-state index contributed by atoms with van der Waals surface area (Å²) in [5.41, 5.74) is 0.622. The Hall–Kier alpha value is -1.90. The Kier molecular flexibility index (Phi) is 5.98. The molecule has 0 aliphatic carbocycles. The largest absolute Gasteiger partial charge is 0.459 e. The molecule has 0 bridgehead atoms. The highest BCUT2D eigenvalue weighted by molar-refractivity contribution is 6.32. The maximum Gasteiger partial charge on any atom is 0.435 e. The van der Waals surface area contributed by atoms with Crippen molar-refractivity contribution in [3.63, 3.8) is 0 Å². The second kappa shape index (κ2) is 7.02. The molecular weight excluding hydrogens is 375 g/mol. The predicted octanol–water partition coefficient (Wildman–Crippen LogP) is 3.33. The fraction of sp³-hybridized carbons (Fsp3) is 0.625. The maximum atomic E-state index is 13.1. The highest BCUT2D eigenvalue weighted by Crippen LogP contribution is 2.45. The van der Waals surface area contributed by atoms with Crippen LogP contribution in [0.2, 0.25) is 5.02 Å². The summed E-state index contributed by atoms with van der Waals surface area (Å²) in [6, 6.07) is 0. The molecule has 10 heteroatoms. The maximum absolute atomic E-state index is 13.1. The number of rotatable bonds is 6. The number of halogens is 4. The molecule has 1 rings (SSSR count). The van der Waals surface area contributed by atoms with Gasteiger partial charge >= 0.3 is 6.18 Å². The summed E-state index contributed by atoms with van der Waals surface area (Å²) >= 11 is 5.78. The van der Waals surface area contributed by atoms with Gasteiger partial charge in [0.2, 0.25) is 5.88 Å². The Bertz CT molecular complexity index is 739. The summed E-state index contributed by atoms with van der Waals surface area (Å²) in [6.45, 7) is 8.49. The van der Waals surface area contributed by atoms with Crippen LogP contribution in [0.3, 0.4) is 0 Å². The summed E-state index contributed by atoms with van der Waals surface area (Å²) in [5.74, 6) is -2.82. The van der Waals surface area contributed by atoms with Gasteiger partial charge in [-0.2, -0.15) is 18.2 Å². The van der Waals surface area contributed by atoms with Crippen molar-refractivity contribution < 1.29 is 27.5 Å². The molecule has 0 fully saturated rings. The molecule has 0 saturated heterocycles. The summed E-state index contributed by atoms with van der Waals surface area (Å²) in [6.07, 6.45) is -4.85. The Morgan fingerprint density at radius 3 is 2.04 bits per heavy atom.